The molecule has 4 nitrogen and oxygen atoms in total. The van der Waals surface area contributed by atoms with Gasteiger partial charge < -0.3 is 9.80 Å². The minimum Gasteiger partial charge on any atom is -0.368 e. The van der Waals surface area contributed by atoms with Crippen LogP contribution in [0.25, 0.3) is 0 Å². The number of anilines is 1. The molecule has 0 aliphatic carbocycles. The van der Waals surface area contributed by atoms with E-state index in [1.165, 1.54) is 11.3 Å². The van der Waals surface area contributed by atoms with Gasteiger partial charge in [0.05, 0.1) is 4.88 Å². The summed E-state index contributed by atoms with van der Waals surface area (Å²) in [4.78, 5) is 21.2. The summed E-state index contributed by atoms with van der Waals surface area (Å²) >= 11 is 7.40. The zero-order valence-electron chi connectivity index (χ0n) is 10.8. The summed E-state index contributed by atoms with van der Waals surface area (Å²) in [5.41, 5.74) is 1.06. The number of halogens is 1. The monoisotopic (exact) mass is 307 g/mol. The molecule has 20 heavy (non-hydrogen) atoms. The van der Waals surface area contributed by atoms with Gasteiger partial charge in [-0.05, 0) is 23.6 Å². The standard InChI is InChI=1S/C14H14ClN3OS/c15-13-10-11(3-4-16-13)17-5-7-18(8-6-17)14(19)12-2-1-9-20-12/h1-4,9-10H,5-8H2. The molecular weight excluding hydrogens is 294 g/mol. The number of hydrogen-bond acceptors (Lipinski definition) is 4. The van der Waals surface area contributed by atoms with Gasteiger partial charge in [-0.15, -0.1) is 11.3 Å². The van der Waals surface area contributed by atoms with Crippen molar-refractivity contribution in [1.29, 1.82) is 0 Å². The molecule has 0 atom stereocenters. The van der Waals surface area contributed by atoms with Crippen molar-refractivity contribution >= 4 is 34.5 Å². The van der Waals surface area contributed by atoms with Gasteiger partial charge in [0.2, 0.25) is 0 Å². The molecule has 0 radical (unpaired) electrons. The van der Waals surface area contributed by atoms with Crippen molar-refractivity contribution in [3.8, 4) is 0 Å². The summed E-state index contributed by atoms with van der Waals surface area (Å²) in [5.74, 6) is 0.132. The van der Waals surface area contributed by atoms with Gasteiger partial charge in [0.1, 0.15) is 5.15 Å². The van der Waals surface area contributed by atoms with E-state index in [9.17, 15) is 4.79 Å². The molecular formula is C14H14ClN3OS. The molecule has 104 valence electrons. The van der Waals surface area contributed by atoms with Gasteiger partial charge in [-0.25, -0.2) is 4.98 Å². The van der Waals surface area contributed by atoms with E-state index < -0.39 is 0 Å². The van der Waals surface area contributed by atoms with E-state index in [-0.39, 0.29) is 5.91 Å². The van der Waals surface area contributed by atoms with Gasteiger partial charge in [0.25, 0.3) is 5.91 Å². The topological polar surface area (TPSA) is 36.4 Å². The number of hydrogen-bond donors (Lipinski definition) is 0. The van der Waals surface area contributed by atoms with E-state index in [4.69, 9.17) is 11.6 Å². The molecule has 1 fully saturated rings. The Labute approximate surface area is 126 Å². The Morgan fingerprint density at radius 1 is 1.25 bits per heavy atom. The normalized spacial score (nSPS) is 15.4. The number of piperazine rings is 1. The SMILES string of the molecule is O=C(c1cccs1)N1CCN(c2ccnc(Cl)c2)CC1. The minimum atomic E-state index is 0.132. The molecule has 0 N–H and O–H groups in total. The molecule has 1 aliphatic heterocycles. The maximum absolute atomic E-state index is 12.2. The molecule has 0 aromatic carbocycles. The average Bonchev–Trinajstić information content (AvgIpc) is 3.01. The average molecular weight is 308 g/mol. The Bertz CT molecular complexity index is 594. The van der Waals surface area contributed by atoms with Crippen molar-refractivity contribution in [2.45, 2.75) is 0 Å². The van der Waals surface area contributed by atoms with Gasteiger partial charge in [-0.2, -0.15) is 0 Å². The molecule has 2 aromatic heterocycles. The van der Waals surface area contributed by atoms with E-state index in [0.29, 0.717) is 5.15 Å². The quantitative estimate of drug-likeness (QED) is 0.801. The Kier molecular flexibility index (Phi) is 3.89. The molecule has 1 amide bonds. The second kappa shape index (κ2) is 5.81. The maximum Gasteiger partial charge on any atom is 0.264 e. The smallest absolute Gasteiger partial charge is 0.264 e. The third kappa shape index (κ3) is 2.78. The number of aromatic nitrogens is 1. The van der Waals surface area contributed by atoms with E-state index in [1.807, 2.05) is 34.5 Å². The highest BCUT2D eigenvalue weighted by atomic mass is 35.5. The van der Waals surface area contributed by atoms with Crippen molar-refractivity contribution in [3.63, 3.8) is 0 Å². The number of carbonyl (C=O) groups excluding carboxylic acids is 1. The Hall–Kier alpha value is -1.59. The highest BCUT2D eigenvalue weighted by Crippen LogP contribution is 2.20. The van der Waals surface area contributed by atoms with Crippen molar-refractivity contribution in [3.05, 3.63) is 45.9 Å². The summed E-state index contributed by atoms with van der Waals surface area (Å²) in [7, 11) is 0. The fourth-order valence-corrected chi connectivity index (χ4v) is 3.17. The van der Waals surface area contributed by atoms with E-state index >= 15 is 0 Å². The number of amides is 1. The third-order valence-corrected chi connectivity index (χ3v) is 4.44. The van der Waals surface area contributed by atoms with E-state index in [2.05, 4.69) is 9.88 Å². The molecule has 0 bridgehead atoms. The molecule has 2 aromatic rings. The first-order valence-corrected chi connectivity index (χ1v) is 7.69. The van der Waals surface area contributed by atoms with Gasteiger partial charge >= 0.3 is 0 Å². The summed E-state index contributed by atoms with van der Waals surface area (Å²) in [6.45, 7) is 3.10. The molecule has 0 unspecified atom stereocenters. The van der Waals surface area contributed by atoms with Crippen LogP contribution in [0.2, 0.25) is 5.15 Å². The maximum atomic E-state index is 12.2. The van der Waals surface area contributed by atoms with Crippen LogP contribution in [0.5, 0.6) is 0 Å². The van der Waals surface area contributed by atoms with Crippen molar-refractivity contribution in [2.24, 2.45) is 0 Å². The Morgan fingerprint density at radius 2 is 2.05 bits per heavy atom. The van der Waals surface area contributed by atoms with Crippen LogP contribution in [-0.2, 0) is 0 Å². The lowest BCUT2D eigenvalue weighted by molar-refractivity contribution is 0.0751. The van der Waals surface area contributed by atoms with Gasteiger partial charge in [0.15, 0.2) is 0 Å². The fraction of sp³-hybridized carbons (Fsp3) is 0.286. The molecule has 1 saturated heterocycles. The molecule has 3 heterocycles. The lowest BCUT2D eigenvalue weighted by Crippen LogP contribution is -2.48. The van der Waals surface area contributed by atoms with Crippen molar-refractivity contribution in [2.75, 3.05) is 31.1 Å². The van der Waals surface area contributed by atoms with Gasteiger partial charge in [-0.1, -0.05) is 17.7 Å². The van der Waals surface area contributed by atoms with Crippen LogP contribution in [0, 0.1) is 0 Å². The Balaban J connectivity index is 1.64. The number of nitrogens with zero attached hydrogens (tertiary/aromatic N) is 3. The van der Waals surface area contributed by atoms with Crippen molar-refractivity contribution in [1.82, 2.24) is 9.88 Å². The number of thiophene rings is 1. The van der Waals surface area contributed by atoms with E-state index in [1.54, 1.807) is 6.20 Å². The lowest BCUT2D eigenvalue weighted by atomic mass is 10.2. The van der Waals surface area contributed by atoms with Gasteiger partial charge in [-0.3, -0.25) is 4.79 Å². The van der Waals surface area contributed by atoms with E-state index in [0.717, 1.165) is 36.7 Å². The minimum absolute atomic E-state index is 0.132. The molecule has 0 spiro atoms. The molecule has 6 heteroatoms. The summed E-state index contributed by atoms with van der Waals surface area (Å²) in [6.07, 6.45) is 1.71. The third-order valence-electron chi connectivity index (χ3n) is 3.37. The number of rotatable bonds is 2. The summed E-state index contributed by atoms with van der Waals surface area (Å²) < 4.78 is 0. The van der Waals surface area contributed by atoms with Crippen LogP contribution in [-0.4, -0.2) is 42.0 Å². The second-order valence-corrected chi connectivity index (χ2v) is 5.93. The highest BCUT2D eigenvalue weighted by Gasteiger charge is 2.22. The summed E-state index contributed by atoms with van der Waals surface area (Å²) in [6, 6.07) is 7.59. The molecule has 1 aliphatic rings. The van der Waals surface area contributed by atoms with Crippen LogP contribution >= 0.6 is 22.9 Å². The number of pyridine rings is 1. The lowest BCUT2D eigenvalue weighted by Gasteiger charge is -2.35. The molecule has 0 saturated carbocycles. The predicted octanol–water partition coefficient (Wildman–Crippen LogP) is 2.76. The predicted molar refractivity (Wildman–Crippen MR) is 81.7 cm³/mol. The van der Waals surface area contributed by atoms with Crippen LogP contribution in [0.15, 0.2) is 35.8 Å². The second-order valence-electron chi connectivity index (χ2n) is 4.59. The van der Waals surface area contributed by atoms with Crippen LogP contribution < -0.4 is 4.90 Å². The number of carbonyl (C=O) groups is 1. The fourth-order valence-electron chi connectivity index (χ4n) is 2.31. The van der Waals surface area contributed by atoms with Gasteiger partial charge in [0, 0.05) is 38.1 Å². The molecule has 3 rings (SSSR count). The summed E-state index contributed by atoms with van der Waals surface area (Å²) in [5, 5.41) is 2.43. The first kappa shape index (κ1) is 13.4. The first-order valence-electron chi connectivity index (χ1n) is 6.43. The largest absolute Gasteiger partial charge is 0.368 e. The highest BCUT2D eigenvalue weighted by molar-refractivity contribution is 7.12. The van der Waals surface area contributed by atoms with Crippen LogP contribution in [0.3, 0.4) is 0 Å². The first-order chi connectivity index (χ1) is 9.74. The zero-order valence-corrected chi connectivity index (χ0v) is 12.4. The van der Waals surface area contributed by atoms with Crippen LogP contribution in [0.1, 0.15) is 9.67 Å². The zero-order chi connectivity index (χ0) is 13.9. The van der Waals surface area contributed by atoms with Crippen molar-refractivity contribution < 1.29 is 4.79 Å². The van der Waals surface area contributed by atoms with Crippen LogP contribution in [0.4, 0.5) is 5.69 Å². The Morgan fingerprint density at radius 3 is 2.70 bits per heavy atom.